The van der Waals surface area contributed by atoms with Crippen LogP contribution in [0.2, 0.25) is 5.02 Å². The molecule has 0 spiro atoms. The molecule has 1 aliphatic carbocycles. The van der Waals surface area contributed by atoms with Crippen molar-refractivity contribution >= 4 is 34.0 Å². The van der Waals surface area contributed by atoms with E-state index >= 15 is 0 Å². The minimum Gasteiger partial charge on any atom is -0.396 e. The van der Waals surface area contributed by atoms with Crippen LogP contribution in [0, 0.1) is 30.1 Å². The first-order chi connectivity index (χ1) is 15.6. The van der Waals surface area contributed by atoms with Gasteiger partial charge >= 0.3 is 0 Å². The van der Waals surface area contributed by atoms with E-state index in [-0.39, 0.29) is 5.78 Å². The molecule has 1 fully saturated rings. The monoisotopic (exact) mass is 464 g/mol. The lowest BCUT2D eigenvalue weighted by Gasteiger charge is -2.32. The molecule has 2 N–H and O–H groups in total. The van der Waals surface area contributed by atoms with Gasteiger partial charge in [0.15, 0.2) is 0 Å². The van der Waals surface area contributed by atoms with Gasteiger partial charge in [-0.15, -0.1) is 0 Å². The van der Waals surface area contributed by atoms with E-state index in [1.54, 1.807) is 12.4 Å². The second kappa shape index (κ2) is 10.4. The van der Waals surface area contributed by atoms with Gasteiger partial charge in [-0.3, -0.25) is 4.98 Å². The highest BCUT2D eigenvalue weighted by Crippen LogP contribution is 2.42. The number of pyridine rings is 1. The van der Waals surface area contributed by atoms with Crippen LogP contribution in [0.15, 0.2) is 30.7 Å². The van der Waals surface area contributed by atoms with Crippen LogP contribution in [0.25, 0.3) is 22.0 Å². The molecule has 6 heteroatoms. The molecule has 0 radical (unpaired) electrons. The Hall–Kier alpha value is -2.84. The number of carbonyl (C=O) groups is 1. The summed E-state index contributed by atoms with van der Waals surface area (Å²) in [4.78, 5) is 13.7. The highest BCUT2D eigenvalue weighted by atomic mass is 35.5. The lowest BCUT2D eigenvalue weighted by atomic mass is 9.79. The summed E-state index contributed by atoms with van der Waals surface area (Å²) in [5.74, 6) is 1.72. The van der Waals surface area contributed by atoms with Crippen LogP contribution in [0.4, 0.5) is 5.69 Å². The van der Waals surface area contributed by atoms with Crippen molar-refractivity contribution < 1.29 is 4.79 Å². The largest absolute Gasteiger partial charge is 0.396 e. The number of nitrogens with two attached hydrogens (primary N) is 1. The maximum atomic E-state index is 9.56. The molecule has 3 aromatic rings. The number of hydrogen-bond donors (Lipinski definition) is 1. The number of halogens is 1. The van der Waals surface area contributed by atoms with Crippen molar-refractivity contribution in [2.24, 2.45) is 11.8 Å². The summed E-state index contributed by atoms with van der Waals surface area (Å²) in [6.45, 7) is 9.71. The smallest absolute Gasteiger partial charge is 0.126 e. The highest BCUT2D eigenvalue weighted by Gasteiger charge is 2.26. The standard InChI is InChI=1S/C24H27ClN4.C3H6O/c1-14(2)16-4-6-18(7-5-16)29-13-21(20-11-28-12-22(27)24(20)25)19-9-17(10-26)15(3)8-23(19)29;1-3(2)4/h8-9,11-14,16,18H,4-7,27H2,1-3H3;1-2H3. The molecule has 2 heterocycles. The van der Waals surface area contributed by atoms with Crippen LogP contribution >= 0.6 is 11.6 Å². The number of nitrogens with zero attached hydrogens (tertiary/aromatic N) is 3. The van der Waals surface area contributed by atoms with E-state index in [0.717, 1.165) is 39.4 Å². The third-order valence-corrected chi connectivity index (χ3v) is 7.00. The Morgan fingerprint density at radius 3 is 2.39 bits per heavy atom. The fourth-order valence-corrected chi connectivity index (χ4v) is 4.93. The molecule has 0 amide bonds. The van der Waals surface area contributed by atoms with Gasteiger partial charge < -0.3 is 15.1 Å². The molecule has 0 unspecified atom stereocenters. The van der Waals surface area contributed by atoms with Crippen LogP contribution in [0.1, 0.15) is 70.5 Å². The Morgan fingerprint density at radius 1 is 1.18 bits per heavy atom. The van der Waals surface area contributed by atoms with E-state index in [4.69, 9.17) is 17.3 Å². The van der Waals surface area contributed by atoms with E-state index < -0.39 is 0 Å². The molecule has 33 heavy (non-hydrogen) atoms. The van der Waals surface area contributed by atoms with E-state index in [0.29, 0.717) is 22.3 Å². The van der Waals surface area contributed by atoms with Crippen molar-refractivity contribution in [3.8, 4) is 17.2 Å². The van der Waals surface area contributed by atoms with E-state index in [1.165, 1.54) is 39.5 Å². The van der Waals surface area contributed by atoms with Crippen LogP contribution in [0.3, 0.4) is 0 Å². The van der Waals surface area contributed by atoms with Gasteiger partial charge in [-0.25, -0.2) is 0 Å². The highest BCUT2D eigenvalue weighted by molar-refractivity contribution is 6.36. The number of ketones is 1. The first-order valence-electron chi connectivity index (χ1n) is 11.6. The second-order valence-corrected chi connectivity index (χ2v) is 9.94. The van der Waals surface area contributed by atoms with E-state index in [2.05, 4.69) is 41.7 Å². The number of aryl methyl sites for hydroxylation is 1. The molecule has 0 saturated heterocycles. The molecule has 1 aromatic carbocycles. The van der Waals surface area contributed by atoms with Gasteiger partial charge in [-0.05, 0) is 76.0 Å². The van der Waals surface area contributed by atoms with Gasteiger partial charge in [0.25, 0.3) is 0 Å². The van der Waals surface area contributed by atoms with E-state index in [9.17, 15) is 10.1 Å². The predicted molar refractivity (Wildman–Crippen MR) is 136 cm³/mol. The number of Topliss-reactive ketones (excluding diaryl/α,β-unsaturated/α-hetero) is 1. The fraction of sp³-hybridized carbons (Fsp3) is 0.444. The molecule has 1 aliphatic rings. The molecule has 4 rings (SSSR count). The number of benzene rings is 1. The summed E-state index contributed by atoms with van der Waals surface area (Å²) in [5, 5.41) is 11.1. The normalized spacial score (nSPS) is 18.0. The molecule has 1 saturated carbocycles. The van der Waals surface area contributed by atoms with Crippen LogP contribution in [-0.2, 0) is 4.79 Å². The first kappa shape index (κ1) is 24.8. The topological polar surface area (TPSA) is 84.7 Å². The number of rotatable bonds is 3. The average Bonchev–Trinajstić information content (AvgIpc) is 3.12. The zero-order valence-corrected chi connectivity index (χ0v) is 20.9. The molecule has 0 atom stereocenters. The third kappa shape index (κ3) is 5.39. The molecule has 0 bridgehead atoms. The number of carbonyl (C=O) groups excluding carboxylic acids is 1. The van der Waals surface area contributed by atoms with Crippen LogP contribution in [-0.4, -0.2) is 15.3 Å². The molecular formula is C27H33ClN4O. The van der Waals surface area contributed by atoms with Crippen molar-refractivity contribution in [2.75, 3.05) is 5.73 Å². The third-order valence-electron chi connectivity index (χ3n) is 6.57. The fourth-order valence-electron chi connectivity index (χ4n) is 4.73. The van der Waals surface area contributed by atoms with Gasteiger partial charge in [-0.1, -0.05) is 25.4 Å². The molecule has 5 nitrogen and oxygen atoms in total. The number of fused-ring (bicyclic) bond motifs is 1. The van der Waals surface area contributed by atoms with Crippen molar-refractivity contribution in [3.05, 3.63) is 46.9 Å². The van der Waals surface area contributed by atoms with Crippen molar-refractivity contribution in [2.45, 2.75) is 66.3 Å². The van der Waals surface area contributed by atoms with Gasteiger partial charge in [0.05, 0.1) is 28.5 Å². The van der Waals surface area contributed by atoms with Crippen molar-refractivity contribution in [3.63, 3.8) is 0 Å². The Kier molecular flexibility index (Phi) is 7.81. The van der Waals surface area contributed by atoms with Gasteiger partial charge in [-0.2, -0.15) is 5.26 Å². The maximum absolute atomic E-state index is 9.56. The Bertz CT molecular complexity index is 1190. The Morgan fingerprint density at radius 2 is 1.82 bits per heavy atom. The Balaban J connectivity index is 0.000000709. The van der Waals surface area contributed by atoms with Crippen molar-refractivity contribution in [1.82, 2.24) is 9.55 Å². The lowest BCUT2D eigenvalue weighted by Crippen LogP contribution is -2.20. The van der Waals surface area contributed by atoms with Crippen LogP contribution < -0.4 is 5.73 Å². The summed E-state index contributed by atoms with van der Waals surface area (Å²) < 4.78 is 2.40. The van der Waals surface area contributed by atoms with Crippen LogP contribution in [0.5, 0.6) is 0 Å². The summed E-state index contributed by atoms with van der Waals surface area (Å²) >= 11 is 6.54. The quantitative estimate of drug-likeness (QED) is 0.447. The summed E-state index contributed by atoms with van der Waals surface area (Å²) in [7, 11) is 0. The minimum atomic E-state index is 0.167. The number of anilines is 1. The zero-order valence-electron chi connectivity index (χ0n) is 20.2. The molecular weight excluding hydrogens is 432 g/mol. The summed E-state index contributed by atoms with van der Waals surface area (Å²) in [6.07, 6.45) is 10.4. The van der Waals surface area contributed by atoms with Gasteiger partial charge in [0, 0.05) is 40.5 Å². The zero-order chi connectivity index (χ0) is 24.3. The van der Waals surface area contributed by atoms with E-state index in [1.807, 2.05) is 13.0 Å². The molecule has 174 valence electrons. The van der Waals surface area contributed by atoms with Crippen molar-refractivity contribution in [1.29, 1.82) is 5.26 Å². The Labute approximate surface area is 201 Å². The predicted octanol–water partition coefficient (Wildman–Crippen LogP) is 7.10. The van der Waals surface area contributed by atoms with Gasteiger partial charge in [0.2, 0.25) is 0 Å². The minimum absolute atomic E-state index is 0.167. The summed E-state index contributed by atoms with van der Waals surface area (Å²) in [6, 6.07) is 6.90. The first-order valence-corrected chi connectivity index (χ1v) is 11.9. The summed E-state index contributed by atoms with van der Waals surface area (Å²) in [5.41, 5.74) is 11.1. The number of hydrogen-bond acceptors (Lipinski definition) is 4. The van der Waals surface area contributed by atoms with Gasteiger partial charge in [0.1, 0.15) is 5.78 Å². The number of nitrogen functional groups attached to an aromatic ring is 1. The molecule has 2 aromatic heterocycles. The maximum Gasteiger partial charge on any atom is 0.126 e. The average molecular weight is 465 g/mol. The second-order valence-electron chi connectivity index (χ2n) is 9.56. The SMILES string of the molecule is CC(C)=O.Cc1cc2c(cc1C#N)c(-c1cncc(N)c1Cl)cn2C1CCC(C(C)C)CC1. The lowest BCUT2D eigenvalue weighted by molar-refractivity contribution is -0.114. The molecule has 0 aliphatic heterocycles. The number of aromatic nitrogens is 2. The number of nitriles is 1.